The zero-order chi connectivity index (χ0) is 18.1. The average Bonchev–Trinajstić information content (AvgIpc) is 2.98. The van der Waals surface area contributed by atoms with E-state index in [1.54, 1.807) is 0 Å². The van der Waals surface area contributed by atoms with Gasteiger partial charge in [-0.1, -0.05) is 30.3 Å². The molecule has 7 heteroatoms. The van der Waals surface area contributed by atoms with Crippen molar-refractivity contribution in [3.8, 4) is 11.1 Å². The van der Waals surface area contributed by atoms with Gasteiger partial charge in [-0.25, -0.2) is 4.98 Å². The minimum Gasteiger partial charge on any atom is -0.395 e. The van der Waals surface area contributed by atoms with Crippen molar-refractivity contribution >= 4 is 24.9 Å². The number of β-amino-alcohol motifs (C(OH)–C–C–N with tert-alkyl or cyclic N) is 1. The maximum atomic E-state index is 9.14. The fraction of sp³-hybridized carbons (Fsp3) is 0.368. The van der Waals surface area contributed by atoms with E-state index < -0.39 is 0 Å². The number of piperazine rings is 1. The number of aryl methyl sites for hydroxylation is 1. The summed E-state index contributed by atoms with van der Waals surface area (Å²) in [5.41, 5.74) is 5.17. The molecule has 1 N–H and O–H groups in total. The summed E-state index contributed by atoms with van der Waals surface area (Å²) in [6, 6.07) is 12.5. The predicted octanol–water partition coefficient (Wildman–Crippen LogP) is 0.0774. The third-order valence-corrected chi connectivity index (χ3v) is 5.05. The molecule has 0 unspecified atom stereocenters. The van der Waals surface area contributed by atoms with Crippen molar-refractivity contribution in [2.45, 2.75) is 6.92 Å². The molecule has 1 aliphatic heterocycles. The summed E-state index contributed by atoms with van der Waals surface area (Å²) in [5, 5.41) is 14.0. The SMILES string of the molecule is Bc1cc(N2CCN(CCO)CC2)n2nc(C)c(-c3ccccc3)c2n1. The van der Waals surface area contributed by atoms with Crippen LogP contribution < -0.4 is 10.5 Å². The number of hydrogen-bond donors (Lipinski definition) is 1. The van der Waals surface area contributed by atoms with E-state index in [1.165, 1.54) is 0 Å². The zero-order valence-corrected chi connectivity index (χ0v) is 15.4. The molecule has 1 aromatic carbocycles. The van der Waals surface area contributed by atoms with Gasteiger partial charge in [-0.15, -0.1) is 0 Å². The molecule has 3 aromatic rings. The average molecular weight is 349 g/mol. The van der Waals surface area contributed by atoms with Crippen LogP contribution in [0.15, 0.2) is 36.4 Å². The lowest BCUT2D eigenvalue weighted by Crippen LogP contribution is -2.48. The Kier molecular flexibility index (Phi) is 4.65. The van der Waals surface area contributed by atoms with E-state index in [4.69, 9.17) is 15.2 Å². The number of anilines is 1. The topological polar surface area (TPSA) is 56.9 Å². The second-order valence-corrected chi connectivity index (χ2v) is 6.87. The summed E-state index contributed by atoms with van der Waals surface area (Å²) in [5.74, 6) is 1.10. The highest BCUT2D eigenvalue weighted by molar-refractivity contribution is 6.31. The molecule has 134 valence electrons. The fourth-order valence-electron chi connectivity index (χ4n) is 3.74. The number of benzene rings is 1. The summed E-state index contributed by atoms with van der Waals surface area (Å²) in [4.78, 5) is 9.47. The maximum absolute atomic E-state index is 9.14. The molecule has 0 aliphatic carbocycles. The predicted molar refractivity (Wildman–Crippen MR) is 107 cm³/mol. The Hall–Kier alpha value is -2.38. The van der Waals surface area contributed by atoms with Crippen LogP contribution in [-0.2, 0) is 0 Å². The standard InChI is InChI=1S/C19H24BN5O/c1-14-18(15-5-3-2-4-6-15)19-21-16(20)13-17(25(19)22-14)24-9-7-23(8-10-24)11-12-26/h2-6,13,26H,7-12,20H2,1H3. The van der Waals surface area contributed by atoms with E-state index >= 15 is 0 Å². The van der Waals surface area contributed by atoms with Crippen molar-refractivity contribution in [2.24, 2.45) is 0 Å². The first-order valence-corrected chi connectivity index (χ1v) is 9.18. The third-order valence-electron chi connectivity index (χ3n) is 5.05. The monoisotopic (exact) mass is 349 g/mol. The van der Waals surface area contributed by atoms with Gasteiger partial charge in [0.1, 0.15) is 5.82 Å². The normalized spacial score (nSPS) is 15.7. The Labute approximate surface area is 154 Å². The lowest BCUT2D eigenvalue weighted by Gasteiger charge is -2.35. The second-order valence-electron chi connectivity index (χ2n) is 6.87. The lowest BCUT2D eigenvalue weighted by atomic mass is 10.0. The minimum absolute atomic E-state index is 0.220. The van der Waals surface area contributed by atoms with Gasteiger partial charge >= 0.3 is 0 Å². The molecule has 26 heavy (non-hydrogen) atoms. The Morgan fingerprint density at radius 1 is 1.12 bits per heavy atom. The third kappa shape index (κ3) is 3.08. The summed E-state index contributed by atoms with van der Waals surface area (Å²) in [6.07, 6.45) is 0. The molecule has 0 radical (unpaired) electrons. The molecule has 1 saturated heterocycles. The highest BCUT2D eigenvalue weighted by atomic mass is 16.3. The molecular weight excluding hydrogens is 325 g/mol. The van der Waals surface area contributed by atoms with Crippen molar-refractivity contribution in [3.05, 3.63) is 42.1 Å². The largest absolute Gasteiger partial charge is 0.395 e. The van der Waals surface area contributed by atoms with Gasteiger partial charge < -0.3 is 10.0 Å². The van der Waals surface area contributed by atoms with Gasteiger partial charge in [0.25, 0.3) is 0 Å². The molecule has 0 amide bonds. The quantitative estimate of drug-likeness (QED) is 0.676. The van der Waals surface area contributed by atoms with E-state index in [1.807, 2.05) is 18.4 Å². The smallest absolute Gasteiger partial charge is 0.164 e. The van der Waals surface area contributed by atoms with Gasteiger partial charge in [0, 0.05) is 43.9 Å². The van der Waals surface area contributed by atoms with Gasteiger partial charge in [0.2, 0.25) is 0 Å². The summed E-state index contributed by atoms with van der Waals surface area (Å²) in [6.45, 7) is 6.78. The van der Waals surface area contributed by atoms with Gasteiger partial charge in [0.15, 0.2) is 13.5 Å². The van der Waals surface area contributed by atoms with Gasteiger partial charge in [-0.05, 0) is 18.6 Å². The van der Waals surface area contributed by atoms with Crippen LogP contribution in [0.1, 0.15) is 5.69 Å². The van der Waals surface area contributed by atoms with Crippen LogP contribution in [0.5, 0.6) is 0 Å². The lowest BCUT2D eigenvalue weighted by molar-refractivity contribution is 0.188. The Morgan fingerprint density at radius 3 is 2.54 bits per heavy atom. The fourth-order valence-corrected chi connectivity index (χ4v) is 3.74. The van der Waals surface area contributed by atoms with Crippen molar-refractivity contribution in [3.63, 3.8) is 0 Å². The van der Waals surface area contributed by atoms with Gasteiger partial charge in [0.05, 0.1) is 12.3 Å². The van der Waals surface area contributed by atoms with Crippen LogP contribution >= 0.6 is 0 Å². The van der Waals surface area contributed by atoms with Gasteiger partial charge in [-0.2, -0.15) is 9.61 Å². The second kappa shape index (κ2) is 7.09. The van der Waals surface area contributed by atoms with Crippen molar-refractivity contribution in [1.29, 1.82) is 0 Å². The molecule has 1 fully saturated rings. The van der Waals surface area contributed by atoms with Crippen LogP contribution in [0.4, 0.5) is 5.82 Å². The van der Waals surface area contributed by atoms with E-state index in [2.05, 4.69) is 47.1 Å². The molecule has 4 rings (SSSR count). The number of hydrogen-bond acceptors (Lipinski definition) is 5. The molecule has 1 aliphatic rings. The molecule has 6 nitrogen and oxygen atoms in total. The number of aliphatic hydroxyl groups is 1. The molecule has 0 atom stereocenters. The number of nitrogens with zero attached hydrogens (tertiary/aromatic N) is 5. The number of aliphatic hydroxyl groups excluding tert-OH is 1. The molecular formula is C19H24BN5O. The first-order valence-electron chi connectivity index (χ1n) is 9.18. The Morgan fingerprint density at radius 2 is 1.85 bits per heavy atom. The molecule has 0 spiro atoms. The van der Waals surface area contributed by atoms with E-state index in [0.29, 0.717) is 0 Å². The van der Waals surface area contributed by atoms with Crippen molar-refractivity contribution in [2.75, 3.05) is 44.2 Å². The molecule has 3 heterocycles. The van der Waals surface area contributed by atoms with Crippen molar-refractivity contribution in [1.82, 2.24) is 19.5 Å². The van der Waals surface area contributed by atoms with Crippen LogP contribution in [0.2, 0.25) is 0 Å². The van der Waals surface area contributed by atoms with Crippen LogP contribution in [0, 0.1) is 6.92 Å². The number of aromatic nitrogens is 3. The summed E-state index contributed by atoms with van der Waals surface area (Å²) >= 11 is 0. The zero-order valence-electron chi connectivity index (χ0n) is 15.4. The van der Waals surface area contributed by atoms with Crippen LogP contribution in [-0.4, -0.2) is 71.8 Å². The summed E-state index contributed by atoms with van der Waals surface area (Å²) in [7, 11) is 2.04. The number of rotatable bonds is 4. The maximum Gasteiger partial charge on any atom is 0.164 e. The molecule has 0 bridgehead atoms. The van der Waals surface area contributed by atoms with Crippen LogP contribution in [0.3, 0.4) is 0 Å². The highest BCUT2D eigenvalue weighted by Gasteiger charge is 2.22. The number of fused-ring (bicyclic) bond motifs is 1. The highest BCUT2D eigenvalue weighted by Crippen LogP contribution is 2.29. The minimum atomic E-state index is 0.220. The van der Waals surface area contributed by atoms with E-state index in [9.17, 15) is 0 Å². The Bertz CT molecular complexity index is 903. The van der Waals surface area contributed by atoms with E-state index in [0.717, 1.165) is 66.6 Å². The van der Waals surface area contributed by atoms with Gasteiger partial charge in [-0.3, -0.25) is 4.90 Å². The molecule has 2 aromatic heterocycles. The first kappa shape index (κ1) is 17.1. The van der Waals surface area contributed by atoms with Crippen LogP contribution in [0.25, 0.3) is 16.8 Å². The Balaban J connectivity index is 1.75. The first-order chi connectivity index (χ1) is 12.7. The van der Waals surface area contributed by atoms with Crippen molar-refractivity contribution < 1.29 is 5.11 Å². The van der Waals surface area contributed by atoms with E-state index in [-0.39, 0.29) is 6.61 Å². The summed E-state index contributed by atoms with van der Waals surface area (Å²) < 4.78 is 1.99. The molecule has 0 saturated carbocycles.